The maximum Gasteiger partial charge on any atom is 0.170 e. The summed E-state index contributed by atoms with van der Waals surface area (Å²) in [6.45, 7) is 2.88. The third-order valence-electron chi connectivity index (χ3n) is 0.426. The first-order valence-electron chi connectivity index (χ1n) is 1.91. The monoisotopic (exact) mass is 105 g/mol. The highest BCUT2D eigenvalue weighted by molar-refractivity contribution is 7.23. The molecule has 0 radical (unpaired) electrons. The fourth-order valence-corrected chi connectivity index (χ4v) is 0.472. The molecule has 0 aromatic carbocycles. The molecule has 0 saturated heterocycles. The Morgan fingerprint density at radius 1 is 1.83 bits per heavy atom. The molecule has 0 aliphatic rings. The van der Waals surface area contributed by atoms with Crippen LogP contribution in [0.25, 0.3) is 0 Å². The fraction of sp³-hybridized carbons (Fsp3) is 1.00. The standard InChI is InChI=1S/C3H8NOP/c1-2-4-3-6-5/h4H,2-3H2,1H3. The number of hydrogen-bond donors (Lipinski definition) is 1. The van der Waals surface area contributed by atoms with E-state index in [4.69, 9.17) is 0 Å². The smallest absolute Gasteiger partial charge is 0.170 e. The highest BCUT2D eigenvalue weighted by atomic mass is 31.1. The Kier molecular flexibility index (Phi) is 5.11. The second-order valence-electron chi connectivity index (χ2n) is 0.891. The van der Waals surface area contributed by atoms with Crippen LogP contribution in [0.15, 0.2) is 0 Å². The van der Waals surface area contributed by atoms with Gasteiger partial charge in [-0.25, -0.2) is 0 Å². The number of hydrogen-bond acceptors (Lipinski definition) is 2. The summed E-state index contributed by atoms with van der Waals surface area (Å²) in [7, 11) is 0.184. The van der Waals surface area contributed by atoms with Gasteiger partial charge in [0.25, 0.3) is 0 Å². The molecular formula is C3H8NOP. The van der Waals surface area contributed by atoms with Crippen LogP contribution in [0.2, 0.25) is 0 Å². The molecule has 0 amide bonds. The normalized spacial score (nSPS) is 9.50. The molecule has 0 saturated carbocycles. The predicted octanol–water partition coefficient (Wildman–Crippen LogP) is 0.845. The Morgan fingerprint density at radius 2 is 2.50 bits per heavy atom. The summed E-state index contributed by atoms with van der Waals surface area (Å²) in [5.74, 6) is 0. The van der Waals surface area contributed by atoms with Crippen molar-refractivity contribution in [2.75, 3.05) is 12.8 Å². The van der Waals surface area contributed by atoms with Crippen molar-refractivity contribution in [1.82, 2.24) is 5.32 Å². The lowest BCUT2D eigenvalue weighted by Gasteiger charge is -1.84. The van der Waals surface area contributed by atoms with E-state index in [1.807, 2.05) is 6.92 Å². The van der Waals surface area contributed by atoms with E-state index in [2.05, 4.69) is 5.32 Å². The summed E-state index contributed by atoms with van der Waals surface area (Å²) in [5, 5.41) is 2.87. The molecule has 0 aliphatic carbocycles. The minimum absolute atomic E-state index is 0.184. The van der Waals surface area contributed by atoms with E-state index < -0.39 is 0 Å². The predicted molar refractivity (Wildman–Crippen MR) is 26.2 cm³/mol. The lowest BCUT2D eigenvalue weighted by Crippen LogP contribution is -2.08. The van der Waals surface area contributed by atoms with Crippen LogP contribution in [0.4, 0.5) is 0 Å². The van der Waals surface area contributed by atoms with Gasteiger partial charge in [-0.2, -0.15) is 0 Å². The molecule has 0 spiro atoms. The van der Waals surface area contributed by atoms with Crippen molar-refractivity contribution >= 4 is 8.46 Å². The fourth-order valence-electron chi connectivity index (χ4n) is 0.157. The van der Waals surface area contributed by atoms with Crippen LogP contribution in [0.1, 0.15) is 6.92 Å². The van der Waals surface area contributed by atoms with Crippen LogP contribution in [-0.4, -0.2) is 12.8 Å². The summed E-state index contributed by atoms with van der Waals surface area (Å²) in [6, 6.07) is 0. The van der Waals surface area contributed by atoms with Crippen LogP contribution in [0.5, 0.6) is 0 Å². The van der Waals surface area contributed by atoms with Gasteiger partial charge in [0.1, 0.15) is 0 Å². The van der Waals surface area contributed by atoms with Gasteiger partial charge in [-0.05, 0) is 6.54 Å². The van der Waals surface area contributed by atoms with E-state index in [0.29, 0.717) is 6.29 Å². The quantitative estimate of drug-likeness (QED) is 0.425. The lowest BCUT2D eigenvalue weighted by atomic mass is 10.8. The van der Waals surface area contributed by atoms with Crippen molar-refractivity contribution in [3.63, 3.8) is 0 Å². The van der Waals surface area contributed by atoms with Crippen LogP contribution < -0.4 is 5.32 Å². The van der Waals surface area contributed by atoms with Crippen molar-refractivity contribution in [2.45, 2.75) is 6.92 Å². The van der Waals surface area contributed by atoms with Crippen molar-refractivity contribution < 1.29 is 4.57 Å². The summed E-state index contributed by atoms with van der Waals surface area (Å²) in [6.07, 6.45) is 0.580. The minimum Gasteiger partial charge on any atom is -0.307 e. The highest BCUT2D eigenvalue weighted by Crippen LogP contribution is 1.81. The molecule has 6 heavy (non-hydrogen) atoms. The van der Waals surface area contributed by atoms with Gasteiger partial charge in [-0.15, -0.1) is 0 Å². The van der Waals surface area contributed by atoms with E-state index in [9.17, 15) is 4.57 Å². The Hall–Kier alpha value is 0.0600. The molecule has 0 aromatic rings. The Balaban J connectivity index is 2.49. The number of nitrogens with one attached hydrogen (secondary N) is 1. The van der Waals surface area contributed by atoms with Gasteiger partial charge in [0.05, 0.1) is 6.29 Å². The van der Waals surface area contributed by atoms with Crippen molar-refractivity contribution in [3.05, 3.63) is 0 Å². The molecule has 0 fully saturated rings. The zero-order chi connectivity index (χ0) is 4.83. The molecule has 1 N–H and O–H groups in total. The molecule has 0 heterocycles. The van der Waals surface area contributed by atoms with Gasteiger partial charge in [0, 0.05) is 0 Å². The molecule has 36 valence electrons. The van der Waals surface area contributed by atoms with Crippen LogP contribution in [0.3, 0.4) is 0 Å². The van der Waals surface area contributed by atoms with Crippen molar-refractivity contribution in [1.29, 1.82) is 0 Å². The first kappa shape index (κ1) is 6.06. The number of rotatable bonds is 3. The molecule has 0 rings (SSSR count). The third kappa shape index (κ3) is 4.06. The van der Waals surface area contributed by atoms with Crippen LogP contribution in [-0.2, 0) is 4.57 Å². The topological polar surface area (TPSA) is 29.1 Å². The molecule has 0 bridgehead atoms. The van der Waals surface area contributed by atoms with Gasteiger partial charge in [-0.3, -0.25) is 4.57 Å². The Morgan fingerprint density at radius 3 is 2.67 bits per heavy atom. The molecule has 0 unspecified atom stereocenters. The Labute approximate surface area is 39.1 Å². The SMILES string of the molecule is CCNCP=O. The average Bonchev–Trinajstić information content (AvgIpc) is 1.61. The van der Waals surface area contributed by atoms with E-state index in [1.165, 1.54) is 0 Å². The molecule has 3 heteroatoms. The first-order valence-corrected chi connectivity index (χ1v) is 2.91. The van der Waals surface area contributed by atoms with Crippen LogP contribution in [0, 0.1) is 0 Å². The highest BCUT2D eigenvalue weighted by Gasteiger charge is 1.72. The Bertz CT molecular complexity index is 39.8. The van der Waals surface area contributed by atoms with Crippen molar-refractivity contribution in [3.8, 4) is 0 Å². The van der Waals surface area contributed by atoms with E-state index >= 15 is 0 Å². The molecule has 0 aliphatic heterocycles. The summed E-state index contributed by atoms with van der Waals surface area (Å²) in [5.41, 5.74) is 0. The van der Waals surface area contributed by atoms with Crippen molar-refractivity contribution in [2.24, 2.45) is 0 Å². The van der Waals surface area contributed by atoms with Gasteiger partial charge in [-0.1, -0.05) is 6.92 Å². The van der Waals surface area contributed by atoms with Crippen LogP contribution >= 0.6 is 8.46 Å². The minimum atomic E-state index is 0.184. The molecule has 0 aromatic heterocycles. The summed E-state index contributed by atoms with van der Waals surface area (Å²) in [4.78, 5) is 0. The van der Waals surface area contributed by atoms with E-state index in [1.54, 1.807) is 0 Å². The largest absolute Gasteiger partial charge is 0.307 e. The van der Waals surface area contributed by atoms with E-state index in [-0.39, 0.29) is 8.46 Å². The first-order chi connectivity index (χ1) is 2.91. The molecule has 2 nitrogen and oxygen atoms in total. The van der Waals surface area contributed by atoms with Gasteiger partial charge < -0.3 is 5.32 Å². The maximum atomic E-state index is 9.60. The van der Waals surface area contributed by atoms with Gasteiger partial charge in [0.2, 0.25) is 0 Å². The summed E-state index contributed by atoms with van der Waals surface area (Å²) < 4.78 is 9.60. The molecular weight excluding hydrogens is 97.0 g/mol. The third-order valence-corrected chi connectivity index (χ3v) is 0.779. The average molecular weight is 105 g/mol. The maximum absolute atomic E-state index is 9.60. The van der Waals surface area contributed by atoms with E-state index in [0.717, 1.165) is 6.54 Å². The van der Waals surface area contributed by atoms with Gasteiger partial charge >= 0.3 is 0 Å². The summed E-state index contributed by atoms with van der Waals surface area (Å²) >= 11 is 0. The molecule has 0 atom stereocenters. The second kappa shape index (κ2) is 5.06. The zero-order valence-corrected chi connectivity index (χ0v) is 4.66. The van der Waals surface area contributed by atoms with Gasteiger partial charge in [0.15, 0.2) is 8.46 Å². The second-order valence-corrected chi connectivity index (χ2v) is 1.47. The zero-order valence-electron chi connectivity index (χ0n) is 3.77. The lowest BCUT2D eigenvalue weighted by molar-refractivity contribution is 0.595.